The van der Waals surface area contributed by atoms with Crippen molar-refractivity contribution in [2.24, 2.45) is 11.7 Å². The Morgan fingerprint density at radius 3 is 2.29 bits per heavy atom. The van der Waals surface area contributed by atoms with Gasteiger partial charge in [-0.05, 0) is 30.4 Å². The molecule has 132 valence electrons. The maximum Gasteiger partial charge on any atom is 0.326 e. The molecular weight excluding hydrogens is 310 g/mol. The number of hydrogen-bond donors (Lipinski definition) is 4. The van der Waals surface area contributed by atoms with Crippen LogP contribution in [0, 0.1) is 12.8 Å². The van der Waals surface area contributed by atoms with E-state index < -0.39 is 30.0 Å². The first-order chi connectivity index (χ1) is 11.2. The standard InChI is InChI=1S/C17H25N3O4/c1-10(2)8-14(16(22)23)19-15(21)9-13(20-17(18)24)12-7-5-4-6-11(12)3/h4-7,10,13-14H,8-9H2,1-3H3,(H,19,21)(H,22,23)(H3,18,20,24). The molecule has 1 aromatic carbocycles. The summed E-state index contributed by atoms with van der Waals surface area (Å²) in [7, 11) is 0. The topological polar surface area (TPSA) is 122 Å². The molecule has 1 aromatic rings. The average Bonchev–Trinajstić information content (AvgIpc) is 2.45. The van der Waals surface area contributed by atoms with Crippen LogP contribution in [-0.2, 0) is 9.59 Å². The Labute approximate surface area is 141 Å². The Morgan fingerprint density at radius 2 is 1.79 bits per heavy atom. The number of primary amides is 1. The number of aliphatic carboxylic acids is 1. The average molecular weight is 335 g/mol. The molecule has 7 heteroatoms. The van der Waals surface area contributed by atoms with Crippen LogP contribution < -0.4 is 16.4 Å². The summed E-state index contributed by atoms with van der Waals surface area (Å²) >= 11 is 0. The summed E-state index contributed by atoms with van der Waals surface area (Å²) < 4.78 is 0. The largest absolute Gasteiger partial charge is 0.480 e. The Hall–Kier alpha value is -2.57. The fourth-order valence-electron chi connectivity index (χ4n) is 2.52. The maximum absolute atomic E-state index is 12.2. The number of carboxylic acid groups (broad SMARTS) is 1. The smallest absolute Gasteiger partial charge is 0.326 e. The number of urea groups is 1. The molecule has 5 N–H and O–H groups in total. The first kappa shape index (κ1) is 19.5. The molecule has 24 heavy (non-hydrogen) atoms. The van der Waals surface area contributed by atoms with Crippen LogP contribution in [0.4, 0.5) is 4.79 Å². The zero-order valence-electron chi connectivity index (χ0n) is 14.2. The minimum Gasteiger partial charge on any atom is -0.480 e. The predicted octanol–water partition coefficient (Wildman–Crippen LogP) is 1.71. The molecule has 1 rings (SSSR count). The molecular formula is C17H25N3O4. The van der Waals surface area contributed by atoms with Crippen LogP contribution in [-0.4, -0.2) is 29.1 Å². The Morgan fingerprint density at radius 1 is 1.17 bits per heavy atom. The first-order valence-electron chi connectivity index (χ1n) is 7.84. The molecule has 0 aliphatic carbocycles. The van der Waals surface area contributed by atoms with E-state index in [0.29, 0.717) is 6.42 Å². The molecule has 2 unspecified atom stereocenters. The van der Waals surface area contributed by atoms with Crippen molar-refractivity contribution < 1.29 is 19.5 Å². The molecule has 2 atom stereocenters. The van der Waals surface area contributed by atoms with Crippen LogP contribution in [0.25, 0.3) is 0 Å². The normalized spacial score (nSPS) is 13.2. The predicted molar refractivity (Wildman–Crippen MR) is 90.3 cm³/mol. The van der Waals surface area contributed by atoms with Crippen molar-refractivity contribution in [3.63, 3.8) is 0 Å². The summed E-state index contributed by atoms with van der Waals surface area (Å²) in [6.45, 7) is 5.63. The van der Waals surface area contributed by atoms with E-state index in [1.165, 1.54) is 0 Å². The van der Waals surface area contributed by atoms with Crippen molar-refractivity contribution in [1.82, 2.24) is 10.6 Å². The Kier molecular flexibility index (Phi) is 7.23. The number of amides is 3. The lowest BCUT2D eigenvalue weighted by Crippen LogP contribution is -2.43. The minimum atomic E-state index is -1.08. The molecule has 0 bridgehead atoms. The molecule has 7 nitrogen and oxygen atoms in total. The van der Waals surface area contributed by atoms with Gasteiger partial charge in [0.25, 0.3) is 0 Å². The van der Waals surface area contributed by atoms with Crippen LogP contribution in [0.2, 0.25) is 0 Å². The third kappa shape index (κ3) is 6.28. The number of rotatable bonds is 8. The lowest BCUT2D eigenvalue weighted by molar-refractivity contribution is -0.142. The fourth-order valence-corrected chi connectivity index (χ4v) is 2.52. The third-order valence-corrected chi connectivity index (χ3v) is 3.61. The summed E-state index contributed by atoms with van der Waals surface area (Å²) in [5, 5.41) is 14.3. The van der Waals surface area contributed by atoms with Gasteiger partial charge in [-0.15, -0.1) is 0 Å². The zero-order valence-corrected chi connectivity index (χ0v) is 14.2. The summed E-state index contributed by atoms with van der Waals surface area (Å²) in [5.41, 5.74) is 6.87. The zero-order chi connectivity index (χ0) is 18.3. The van der Waals surface area contributed by atoms with E-state index in [1.807, 2.05) is 32.9 Å². The molecule has 0 spiro atoms. The fraction of sp³-hybridized carbons (Fsp3) is 0.471. The van der Waals surface area contributed by atoms with Gasteiger partial charge in [0.15, 0.2) is 0 Å². The van der Waals surface area contributed by atoms with Crippen molar-refractivity contribution in [1.29, 1.82) is 0 Å². The van der Waals surface area contributed by atoms with E-state index in [-0.39, 0.29) is 12.3 Å². The lowest BCUT2D eigenvalue weighted by atomic mass is 9.98. The molecule has 0 radical (unpaired) electrons. The van der Waals surface area contributed by atoms with E-state index in [0.717, 1.165) is 11.1 Å². The highest BCUT2D eigenvalue weighted by Gasteiger charge is 2.24. The van der Waals surface area contributed by atoms with Gasteiger partial charge in [0, 0.05) is 0 Å². The van der Waals surface area contributed by atoms with Crippen molar-refractivity contribution >= 4 is 17.9 Å². The van der Waals surface area contributed by atoms with Gasteiger partial charge in [-0.25, -0.2) is 9.59 Å². The number of carboxylic acids is 1. The third-order valence-electron chi connectivity index (χ3n) is 3.61. The summed E-state index contributed by atoms with van der Waals surface area (Å²) in [6, 6.07) is 5.00. The van der Waals surface area contributed by atoms with E-state index >= 15 is 0 Å². The van der Waals surface area contributed by atoms with Gasteiger partial charge in [-0.3, -0.25) is 4.79 Å². The number of carbonyl (C=O) groups is 3. The second-order valence-electron chi connectivity index (χ2n) is 6.21. The van der Waals surface area contributed by atoms with Crippen molar-refractivity contribution in [3.05, 3.63) is 35.4 Å². The van der Waals surface area contributed by atoms with Crippen molar-refractivity contribution in [2.45, 2.75) is 45.7 Å². The van der Waals surface area contributed by atoms with E-state index in [1.54, 1.807) is 12.1 Å². The van der Waals surface area contributed by atoms with Gasteiger partial charge in [0.05, 0.1) is 12.5 Å². The number of hydrogen-bond acceptors (Lipinski definition) is 3. The highest BCUT2D eigenvalue weighted by molar-refractivity contribution is 5.84. The quantitative estimate of drug-likeness (QED) is 0.577. The molecule has 0 saturated heterocycles. The van der Waals surface area contributed by atoms with Crippen molar-refractivity contribution in [2.75, 3.05) is 0 Å². The second-order valence-corrected chi connectivity index (χ2v) is 6.21. The molecule has 0 saturated carbocycles. The van der Waals surface area contributed by atoms with Crippen LogP contribution in [0.1, 0.15) is 43.9 Å². The molecule has 0 fully saturated rings. The number of benzene rings is 1. The van der Waals surface area contributed by atoms with Crippen LogP contribution in [0.5, 0.6) is 0 Å². The molecule has 0 aliphatic heterocycles. The molecule has 0 aromatic heterocycles. The van der Waals surface area contributed by atoms with Crippen LogP contribution in [0.15, 0.2) is 24.3 Å². The van der Waals surface area contributed by atoms with Gasteiger partial charge in [0.1, 0.15) is 6.04 Å². The number of nitrogens with two attached hydrogens (primary N) is 1. The van der Waals surface area contributed by atoms with Gasteiger partial charge in [0.2, 0.25) is 5.91 Å². The minimum absolute atomic E-state index is 0.0876. The summed E-state index contributed by atoms with van der Waals surface area (Å²) in [4.78, 5) is 34.7. The Bertz CT molecular complexity index is 601. The van der Waals surface area contributed by atoms with Gasteiger partial charge in [-0.1, -0.05) is 38.1 Å². The second kappa shape index (κ2) is 8.90. The summed E-state index contributed by atoms with van der Waals surface area (Å²) in [5.74, 6) is -1.40. The SMILES string of the molecule is Cc1ccccc1C(CC(=O)NC(CC(C)C)C(=O)O)NC(N)=O. The number of nitrogens with one attached hydrogen (secondary N) is 2. The highest BCUT2D eigenvalue weighted by atomic mass is 16.4. The Balaban J connectivity index is 2.86. The van der Waals surface area contributed by atoms with E-state index in [9.17, 15) is 19.5 Å². The number of carbonyl (C=O) groups excluding carboxylic acids is 2. The van der Waals surface area contributed by atoms with Gasteiger partial charge in [-0.2, -0.15) is 0 Å². The number of aryl methyl sites for hydroxylation is 1. The molecule has 0 aliphatic rings. The summed E-state index contributed by atoms with van der Waals surface area (Å²) in [6.07, 6.45) is 0.245. The van der Waals surface area contributed by atoms with E-state index in [4.69, 9.17) is 5.73 Å². The van der Waals surface area contributed by atoms with Crippen molar-refractivity contribution in [3.8, 4) is 0 Å². The van der Waals surface area contributed by atoms with Crippen LogP contribution >= 0.6 is 0 Å². The monoisotopic (exact) mass is 335 g/mol. The van der Waals surface area contributed by atoms with Crippen LogP contribution in [0.3, 0.4) is 0 Å². The lowest BCUT2D eigenvalue weighted by Gasteiger charge is -2.22. The van der Waals surface area contributed by atoms with Gasteiger partial charge >= 0.3 is 12.0 Å². The highest BCUT2D eigenvalue weighted by Crippen LogP contribution is 2.20. The maximum atomic E-state index is 12.2. The first-order valence-corrected chi connectivity index (χ1v) is 7.84. The molecule has 0 heterocycles. The van der Waals surface area contributed by atoms with Gasteiger partial charge < -0.3 is 21.5 Å². The molecule has 3 amide bonds. The van der Waals surface area contributed by atoms with E-state index in [2.05, 4.69) is 10.6 Å².